The zero-order chi connectivity index (χ0) is 17.9. The van der Waals surface area contributed by atoms with Crippen molar-refractivity contribution < 1.29 is 9.59 Å². The molecule has 1 aliphatic carbocycles. The fraction of sp³-hybridized carbons (Fsp3) is 0.158. The van der Waals surface area contributed by atoms with E-state index in [1.165, 1.54) is 6.33 Å². The molecule has 26 heavy (non-hydrogen) atoms. The summed E-state index contributed by atoms with van der Waals surface area (Å²) in [4.78, 5) is 28.8. The number of hydrogen-bond acceptors (Lipinski definition) is 4. The fourth-order valence-electron chi connectivity index (χ4n) is 2.58. The molecule has 130 valence electrons. The third kappa shape index (κ3) is 3.46. The van der Waals surface area contributed by atoms with E-state index < -0.39 is 0 Å². The van der Waals surface area contributed by atoms with Gasteiger partial charge in [0.25, 0.3) is 11.8 Å². The summed E-state index contributed by atoms with van der Waals surface area (Å²) in [6.07, 6.45) is 5.06. The Labute approximate surface area is 150 Å². The van der Waals surface area contributed by atoms with Crippen LogP contribution in [0.1, 0.15) is 33.6 Å². The van der Waals surface area contributed by atoms with Gasteiger partial charge in [0.15, 0.2) is 0 Å². The van der Waals surface area contributed by atoms with Gasteiger partial charge in [-0.15, -0.1) is 0 Å². The summed E-state index contributed by atoms with van der Waals surface area (Å²) < 4.78 is 1.61. The summed E-state index contributed by atoms with van der Waals surface area (Å²) in [6.45, 7) is 0. The Morgan fingerprint density at radius 2 is 1.77 bits per heavy atom. The molecule has 0 unspecified atom stereocenters. The maximum Gasteiger partial charge on any atom is 0.255 e. The van der Waals surface area contributed by atoms with Gasteiger partial charge in [0.1, 0.15) is 12.7 Å². The van der Waals surface area contributed by atoms with Gasteiger partial charge in [0.2, 0.25) is 0 Å². The zero-order valence-corrected chi connectivity index (χ0v) is 13.9. The van der Waals surface area contributed by atoms with Gasteiger partial charge < -0.3 is 10.6 Å². The Bertz CT molecular complexity index is 931. The minimum absolute atomic E-state index is 0.162. The lowest BCUT2D eigenvalue weighted by Crippen LogP contribution is -2.27. The van der Waals surface area contributed by atoms with Gasteiger partial charge in [-0.3, -0.25) is 9.59 Å². The van der Waals surface area contributed by atoms with E-state index in [2.05, 4.69) is 20.7 Å². The summed E-state index contributed by atoms with van der Waals surface area (Å²) in [6, 6.07) is 14.3. The van der Waals surface area contributed by atoms with Gasteiger partial charge in [0.05, 0.1) is 16.9 Å². The maximum atomic E-state index is 12.5. The molecule has 1 saturated carbocycles. The second kappa shape index (κ2) is 6.79. The molecule has 7 nitrogen and oxygen atoms in total. The molecule has 1 fully saturated rings. The third-order valence-corrected chi connectivity index (χ3v) is 4.15. The van der Waals surface area contributed by atoms with Crippen LogP contribution < -0.4 is 10.6 Å². The topological polar surface area (TPSA) is 88.9 Å². The Balaban J connectivity index is 1.50. The van der Waals surface area contributed by atoms with Gasteiger partial charge in [-0.1, -0.05) is 12.1 Å². The molecule has 0 bridgehead atoms. The first-order valence-electron chi connectivity index (χ1n) is 8.37. The second-order valence-corrected chi connectivity index (χ2v) is 6.13. The number of para-hydroxylation sites is 1. The van der Waals surface area contributed by atoms with E-state index in [4.69, 9.17) is 0 Å². The van der Waals surface area contributed by atoms with Crippen LogP contribution in [-0.2, 0) is 0 Å². The molecule has 0 atom stereocenters. The molecule has 0 aliphatic heterocycles. The van der Waals surface area contributed by atoms with Crippen LogP contribution in [0.2, 0.25) is 0 Å². The first-order valence-corrected chi connectivity index (χ1v) is 8.37. The highest BCUT2D eigenvalue weighted by Gasteiger charge is 2.25. The normalized spacial score (nSPS) is 13.2. The minimum Gasteiger partial charge on any atom is -0.349 e. The highest BCUT2D eigenvalue weighted by Crippen LogP contribution is 2.22. The van der Waals surface area contributed by atoms with Crippen molar-refractivity contribution in [2.45, 2.75) is 18.9 Å². The number of hydrogen-bond donors (Lipinski definition) is 2. The Hall–Kier alpha value is -3.48. The van der Waals surface area contributed by atoms with E-state index in [9.17, 15) is 9.59 Å². The van der Waals surface area contributed by atoms with Crippen molar-refractivity contribution in [2.75, 3.05) is 5.32 Å². The van der Waals surface area contributed by atoms with Crippen LogP contribution in [-0.4, -0.2) is 32.6 Å². The summed E-state index contributed by atoms with van der Waals surface area (Å²) >= 11 is 0. The standard InChI is InChI=1S/C19H17N5O2/c25-18(13-5-9-15(10-6-13)24-12-20-11-21-24)23-17-4-2-1-3-16(17)19(26)22-14-7-8-14/h1-6,9-12,14H,7-8H2,(H,22,26)(H,23,25). The molecule has 2 amide bonds. The maximum absolute atomic E-state index is 12.5. The second-order valence-electron chi connectivity index (χ2n) is 6.13. The van der Waals surface area contributed by atoms with E-state index >= 15 is 0 Å². The number of nitrogens with zero attached hydrogens (tertiary/aromatic N) is 3. The van der Waals surface area contributed by atoms with Gasteiger partial charge in [-0.25, -0.2) is 9.67 Å². The Kier molecular flexibility index (Phi) is 4.18. The number of rotatable bonds is 5. The van der Waals surface area contributed by atoms with Crippen molar-refractivity contribution in [1.82, 2.24) is 20.1 Å². The molecule has 1 aromatic heterocycles. The molecule has 2 N–H and O–H groups in total. The molecular weight excluding hydrogens is 330 g/mol. The van der Waals surface area contributed by atoms with Crippen LogP contribution in [0, 0.1) is 0 Å². The number of anilines is 1. The largest absolute Gasteiger partial charge is 0.349 e. The molecule has 7 heteroatoms. The lowest BCUT2D eigenvalue weighted by molar-refractivity contribution is 0.0952. The Morgan fingerprint density at radius 3 is 2.46 bits per heavy atom. The molecule has 0 spiro atoms. The summed E-state index contributed by atoms with van der Waals surface area (Å²) in [5.74, 6) is -0.438. The van der Waals surface area contributed by atoms with E-state index in [0.717, 1.165) is 18.5 Å². The van der Waals surface area contributed by atoms with Crippen molar-refractivity contribution in [2.24, 2.45) is 0 Å². The van der Waals surface area contributed by atoms with E-state index in [1.54, 1.807) is 59.5 Å². The zero-order valence-electron chi connectivity index (χ0n) is 13.9. The van der Waals surface area contributed by atoms with Crippen molar-refractivity contribution in [3.63, 3.8) is 0 Å². The van der Waals surface area contributed by atoms with Crippen molar-refractivity contribution in [3.05, 3.63) is 72.3 Å². The van der Waals surface area contributed by atoms with Crippen molar-refractivity contribution >= 4 is 17.5 Å². The first-order chi connectivity index (χ1) is 12.7. The smallest absolute Gasteiger partial charge is 0.255 e. The molecule has 0 radical (unpaired) electrons. The fourth-order valence-corrected chi connectivity index (χ4v) is 2.58. The van der Waals surface area contributed by atoms with Crippen LogP contribution in [0.5, 0.6) is 0 Å². The quantitative estimate of drug-likeness (QED) is 0.742. The minimum atomic E-state index is -0.276. The highest BCUT2D eigenvalue weighted by molar-refractivity contribution is 6.09. The number of carbonyl (C=O) groups excluding carboxylic acids is 2. The molecule has 1 heterocycles. The van der Waals surface area contributed by atoms with Crippen molar-refractivity contribution in [3.8, 4) is 5.69 Å². The number of aromatic nitrogens is 3. The first kappa shape index (κ1) is 16.0. The van der Waals surface area contributed by atoms with Crippen LogP contribution in [0.4, 0.5) is 5.69 Å². The van der Waals surface area contributed by atoms with Crippen molar-refractivity contribution in [1.29, 1.82) is 0 Å². The summed E-state index contributed by atoms with van der Waals surface area (Å²) in [5, 5.41) is 9.81. The summed E-state index contributed by atoms with van der Waals surface area (Å²) in [5.41, 5.74) is 2.26. The highest BCUT2D eigenvalue weighted by atomic mass is 16.2. The van der Waals surface area contributed by atoms with E-state index in [-0.39, 0.29) is 17.9 Å². The van der Waals surface area contributed by atoms with E-state index in [1.807, 2.05) is 0 Å². The molecule has 2 aromatic carbocycles. The van der Waals surface area contributed by atoms with Gasteiger partial charge >= 0.3 is 0 Å². The average Bonchev–Trinajstić information content (AvgIpc) is 3.31. The average molecular weight is 347 g/mol. The monoisotopic (exact) mass is 347 g/mol. The molecule has 3 aromatic rings. The number of benzene rings is 2. The van der Waals surface area contributed by atoms with Crippen LogP contribution >= 0.6 is 0 Å². The van der Waals surface area contributed by atoms with Gasteiger partial charge in [-0.2, -0.15) is 5.10 Å². The lowest BCUT2D eigenvalue weighted by atomic mass is 10.1. The van der Waals surface area contributed by atoms with Gasteiger partial charge in [-0.05, 0) is 49.2 Å². The molecular formula is C19H17N5O2. The van der Waals surface area contributed by atoms with Crippen LogP contribution in [0.15, 0.2) is 61.2 Å². The molecule has 1 aliphatic rings. The van der Waals surface area contributed by atoms with E-state index in [0.29, 0.717) is 16.8 Å². The number of amides is 2. The van der Waals surface area contributed by atoms with Crippen LogP contribution in [0.25, 0.3) is 5.69 Å². The summed E-state index contributed by atoms with van der Waals surface area (Å²) in [7, 11) is 0. The lowest BCUT2D eigenvalue weighted by Gasteiger charge is -2.11. The number of nitrogens with one attached hydrogen (secondary N) is 2. The predicted molar refractivity (Wildman–Crippen MR) is 96.2 cm³/mol. The number of carbonyl (C=O) groups is 2. The van der Waals surface area contributed by atoms with Gasteiger partial charge in [0, 0.05) is 11.6 Å². The SMILES string of the molecule is O=C(Nc1ccccc1C(=O)NC1CC1)c1ccc(-n2cncn2)cc1. The molecule has 0 saturated heterocycles. The third-order valence-electron chi connectivity index (χ3n) is 4.15. The predicted octanol–water partition coefficient (Wildman–Crippen LogP) is 2.41. The Morgan fingerprint density at radius 1 is 1.00 bits per heavy atom. The molecule has 4 rings (SSSR count). The van der Waals surface area contributed by atoms with Crippen LogP contribution in [0.3, 0.4) is 0 Å².